The molecule has 28 heavy (non-hydrogen) atoms. The van der Waals surface area contributed by atoms with Crippen LogP contribution in [0.5, 0.6) is 5.75 Å². The second-order valence-electron chi connectivity index (χ2n) is 6.61. The third-order valence-electron chi connectivity index (χ3n) is 4.66. The topological polar surface area (TPSA) is 58.6 Å². The predicted molar refractivity (Wildman–Crippen MR) is 116 cm³/mol. The zero-order valence-corrected chi connectivity index (χ0v) is 17.1. The summed E-state index contributed by atoms with van der Waals surface area (Å²) in [5.41, 5.74) is 2.80. The molecular formula is C21H22N2O3S2. The Labute approximate surface area is 173 Å². The quantitative estimate of drug-likeness (QED) is 0.790. The molecule has 0 aromatic heterocycles. The van der Waals surface area contributed by atoms with Gasteiger partial charge in [-0.05, 0) is 29.8 Å². The van der Waals surface area contributed by atoms with Crippen molar-refractivity contribution in [3.8, 4) is 5.75 Å². The van der Waals surface area contributed by atoms with Gasteiger partial charge in [-0.15, -0.1) is 23.5 Å². The van der Waals surface area contributed by atoms with E-state index < -0.39 is 0 Å². The normalized spacial score (nSPS) is 16.4. The average Bonchev–Trinajstić information content (AvgIpc) is 3.27. The first-order valence-electron chi connectivity index (χ1n) is 9.36. The standard InChI is InChI=1S/C21H22N2O3S2/c24-19(22-16-5-3-4-15(14-16)21-27-12-13-28-21)8-9-20(25)23-10-11-26-18-7-2-1-6-17(18)23/h1-7,14,21H,8-13H2,(H,22,24). The lowest BCUT2D eigenvalue weighted by Gasteiger charge is -2.29. The fourth-order valence-corrected chi connectivity index (χ4v) is 6.16. The number of fused-ring (bicyclic) bond motifs is 1. The van der Waals surface area contributed by atoms with Gasteiger partial charge in [-0.25, -0.2) is 0 Å². The SMILES string of the molecule is O=C(CCC(=O)N1CCOc2ccccc21)Nc1cccc(C2SCCS2)c1. The molecule has 2 heterocycles. The zero-order valence-electron chi connectivity index (χ0n) is 15.4. The maximum atomic E-state index is 12.6. The van der Waals surface area contributed by atoms with E-state index >= 15 is 0 Å². The van der Waals surface area contributed by atoms with E-state index in [1.807, 2.05) is 66.0 Å². The number of amides is 2. The fourth-order valence-electron chi connectivity index (χ4n) is 3.32. The third-order valence-corrected chi connectivity index (χ3v) is 7.76. The first-order chi connectivity index (χ1) is 13.7. The van der Waals surface area contributed by atoms with Crippen LogP contribution in [0.4, 0.5) is 11.4 Å². The minimum Gasteiger partial charge on any atom is -0.490 e. The van der Waals surface area contributed by atoms with Crippen molar-refractivity contribution in [3.63, 3.8) is 0 Å². The molecule has 5 nitrogen and oxygen atoms in total. The van der Waals surface area contributed by atoms with Crippen molar-refractivity contribution < 1.29 is 14.3 Å². The van der Waals surface area contributed by atoms with E-state index in [0.717, 1.165) is 11.4 Å². The molecule has 2 aromatic carbocycles. The Balaban J connectivity index is 1.33. The van der Waals surface area contributed by atoms with E-state index in [-0.39, 0.29) is 24.7 Å². The van der Waals surface area contributed by atoms with Crippen LogP contribution in [0.25, 0.3) is 0 Å². The van der Waals surface area contributed by atoms with Crippen molar-refractivity contribution in [2.75, 3.05) is 34.9 Å². The molecule has 0 radical (unpaired) electrons. The summed E-state index contributed by atoms with van der Waals surface area (Å²) in [6.45, 7) is 0.981. The molecule has 4 rings (SSSR count). The largest absolute Gasteiger partial charge is 0.490 e. The summed E-state index contributed by atoms with van der Waals surface area (Å²) in [4.78, 5) is 26.7. The number of hydrogen-bond donors (Lipinski definition) is 1. The summed E-state index contributed by atoms with van der Waals surface area (Å²) in [6, 6.07) is 15.5. The molecular weight excluding hydrogens is 392 g/mol. The van der Waals surface area contributed by atoms with E-state index in [9.17, 15) is 9.59 Å². The van der Waals surface area contributed by atoms with E-state index in [2.05, 4.69) is 11.4 Å². The Kier molecular flexibility index (Phi) is 6.12. The third kappa shape index (κ3) is 4.47. The van der Waals surface area contributed by atoms with Gasteiger partial charge < -0.3 is 15.0 Å². The molecule has 0 saturated carbocycles. The lowest BCUT2D eigenvalue weighted by molar-refractivity contribution is -0.122. The van der Waals surface area contributed by atoms with Crippen LogP contribution in [0, 0.1) is 0 Å². The molecule has 146 valence electrons. The maximum Gasteiger partial charge on any atom is 0.227 e. The summed E-state index contributed by atoms with van der Waals surface area (Å²) in [5.74, 6) is 2.85. The molecule has 2 aromatic rings. The van der Waals surface area contributed by atoms with Crippen molar-refractivity contribution in [2.24, 2.45) is 0 Å². The molecule has 0 atom stereocenters. The van der Waals surface area contributed by atoms with Gasteiger partial charge in [0, 0.05) is 30.0 Å². The average molecular weight is 415 g/mol. The number of thioether (sulfide) groups is 2. The Bertz CT molecular complexity index is 868. The van der Waals surface area contributed by atoms with Gasteiger partial charge in [-0.1, -0.05) is 24.3 Å². The number of carbonyl (C=O) groups is 2. The number of nitrogens with one attached hydrogen (secondary N) is 1. The number of carbonyl (C=O) groups excluding carboxylic acids is 2. The van der Waals surface area contributed by atoms with Crippen LogP contribution in [-0.2, 0) is 9.59 Å². The highest BCUT2D eigenvalue weighted by atomic mass is 32.2. The van der Waals surface area contributed by atoms with Gasteiger partial charge in [0.15, 0.2) is 0 Å². The number of para-hydroxylation sites is 2. The Hall–Kier alpha value is -2.12. The van der Waals surface area contributed by atoms with E-state index in [0.29, 0.717) is 23.5 Å². The molecule has 2 aliphatic rings. The van der Waals surface area contributed by atoms with Gasteiger partial charge in [-0.3, -0.25) is 9.59 Å². The number of anilines is 2. The number of rotatable bonds is 5. The molecule has 0 bridgehead atoms. The van der Waals surface area contributed by atoms with Crippen molar-refractivity contribution in [2.45, 2.75) is 17.4 Å². The van der Waals surface area contributed by atoms with Crippen LogP contribution < -0.4 is 15.0 Å². The van der Waals surface area contributed by atoms with Gasteiger partial charge >= 0.3 is 0 Å². The molecule has 1 N–H and O–H groups in total. The highest BCUT2D eigenvalue weighted by Crippen LogP contribution is 2.45. The monoisotopic (exact) mass is 414 g/mol. The van der Waals surface area contributed by atoms with Crippen molar-refractivity contribution in [3.05, 3.63) is 54.1 Å². The first kappa shape index (κ1) is 19.2. The predicted octanol–water partition coefficient (Wildman–Crippen LogP) is 4.31. The minimum atomic E-state index is -0.140. The van der Waals surface area contributed by atoms with Gasteiger partial charge in [0.25, 0.3) is 0 Å². The molecule has 2 aliphatic heterocycles. The molecule has 2 amide bonds. The van der Waals surface area contributed by atoms with Crippen molar-refractivity contribution >= 4 is 46.7 Å². The first-order valence-corrected chi connectivity index (χ1v) is 11.5. The Morgan fingerprint density at radius 3 is 2.75 bits per heavy atom. The number of hydrogen-bond acceptors (Lipinski definition) is 5. The summed E-state index contributed by atoms with van der Waals surface area (Å²) in [7, 11) is 0. The van der Waals surface area contributed by atoms with Gasteiger partial charge in [0.1, 0.15) is 12.4 Å². The van der Waals surface area contributed by atoms with Crippen LogP contribution in [0.3, 0.4) is 0 Å². The Morgan fingerprint density at radius 2 is 1.89 bits per heavy atom. The molecule has 7 heteroatoms. The zero-order chi connectivity index (χ0) is 19.3. The van der Waals surface area contributed by atoms with Crippen molar-refractivity contribution in [1.82, 2.24) is 0 Å². The van der Waals surface area contributed by atoms with E-state index in [1.165, 1.54) is 17.1 Å². The van der Waals surface area contributed by atoms with Crippen LogP contribution in [0.2, 0.25) is 0 Å². The minimum absolute atomic E-state index is 0.0570. The number of benzene rings is 2. The van der Waals surface area contributed by atoms with Gasteiger partial charge in [0.2, 0.25) is 11.8 Å². The number of ether oxygens (including phenoxy) is 1. The van der Waals surface area contributed by atoms with Crippen LogP contribution in [0.1, 0.15) is 23.0 Å². The molecule has 0 aliphatic carbocycles. The summed E-state index contributed by atoms with van der Waals surface area (Å²) < 4.78 is 6.03. The van der Waals surface area contributed by atoms with E-state index in [4.69, 9.17) is 4.74 Å². The van der Waals surface area contributed by atoms with E-state index in [1.54, 1.807) is 4.90 Å². The van der Waals surface area contributed by atoms with Gasteiger partial charge in [0.05, 0.1) is 16.8 Å². The molecule has 0 unspecified atom stereocenters. The molecule has 1 saturated heterocycles. The molecule has 0 spiro atoms. The highest BCUT2D eigenvalue weighted by Gasteiger charge is 2.23. The lowest BCUT2D eigenvalue weighted by atomic mass is 10.2. The number of nitrogens with zero attached hydrogens (tertiary/aromatic N) is 1. The second-order valence-corrected chi connectivity index (χ2v) is 9.33. The molecule has 1 fully saturated rings. The van der Waals surface area contributed by atoms with Crippen LogP contribution in [0.15, 0.2) is 48.5 Å². The van der Waals surface area contributed by atoms with Crippen LogP contribution in [-0.4, -0.2) is 36.5 Å². The van der Waals surface area contributed by atoms with Crippen LogP contribution >= 0.6 is 23.5 Å². The van der Waals surface area contributed by atoms with Crippen molar-refractivity contribution in [1.29, 1.82) is 0 Å². The lowest BCUT2D eigenvalue weighted by Crippen LogP contribution is -2.38. The maximum absolute atomic E-state index is 12.6. The Morgan fingerprint density at radius 1 is 1.07 bits per heavy atom. The second kappa shape index (κ2) is 8.92. The summed E-state index contributed by atoms with van der Waals surface area (Å²) in [5, 5.41) is 2.93. The van der Waals surface area contributed by atoms with Gasteiger partial charge in [-0.2, -0.15) is 0 Å². The summed E-state index contributed by atoms with van der Waals surface area (Å²) >= 11 is 3.87. The highest BCUT2D eigenvalue weighted by molar-refractivity contribution is 8.19. The summed E-state index contributed by atoms with van der Waals surface area (Å²) in [6.07, 6.45) is 0.337. The fraction of sp³-hybridized carbons (Fsp3) is 0.333. The smallest absolute Gasteiger partial charge is 0.227 e.